The molecule has 0 aliphatic heterocycles. The molecule has 0 radical (unpaired) electrons. The Bertz CT molecular complexity index is 307. The lowest BCUT2D eigenvalue weighted by Crippen LogP contribution is -2.36. The molecule has 0 bridgehead atoms. The van der Waals surface area contributed by atoms with Crippen LogP contribution in [0.15, 0.2) is 24.5 Å². The van der Waals surface area contributed by atoms with Gasteiger partial charge in [-0.3, -0.25) is 9.78 Å². The Kier molecular flexibility index (Phi) is 3.82. The van der Waals surface area contributed by atoms with Gasteiger partial charge in [0.2, 0.25) is 0 Å². The Hall–Kier alpha value is -1.17. The van der Waals surface area contributed by atoms with E-state index < -0.39 is 18.1 Å². The van der Waals surface area contributed by atoms with Crippen LogP contribution < -0.4 is 4.84 Å². The highest BCUT2D eigenvalue weighted by Gasteiger charge is 2.26. The van der Waals surface area contributed by atoms with Crippen LogP contribution in [0.4, 0.5) is 0 Å². The van der Waals surface area contributed by atoms with Gasteiger partial charge in [-0.2, -0.15) is 0 Å². The van der Waals surface area contributed by atoms with Crippen molar-refractivity contribution in [1.82, 2.24) is 9.82 Å². The summed E-state index contributed by atoms with van der Waals surface area (Å²) in [5.41, 5.74) is 0.445. The van der Waals surface area contributed by atoms with Gasteiger partial charge >= 0.3 is 5.97 Å². The summed E-state index contributed by atoms with van der Waals surface area (Å²) in [7, 11) is 0. The average Bonchev–Trinajstić information content (AvgIpc) is 2.19. The molecule has 0 saturated carbocycles. The molecule has 0 fully saturated rings. The molecule has 3 N–H and O–H groups in total. The van der Waals surface area contributed by atoms with Gasteiger partial charge in [0.1, 0.15) is 12.1 Å². The van der Waals surface area contributed by atoms with Crippen molar-refractivity contribution in [3.63, 3.8) is 0 Å². The van der Waals surface area contributed by atoms with Crippen LogP contribution in [0, 0.1) is 0 Å². The highest BCUT2D eigenvalue weighted by Crippen LogP contribution is 2.16. The fourth-order valence-corrected chi connectivity index (χ4v) is 1.21. The summed E-state index contributed by atoms with van der Waals surface area (Å²) in [6.07, 6.45) is 1.73. The number of rotatable bonds is 4. The predicted molar refractivity (Wildman–Crippen MR) is 49.6 cm³/mol. The fraction of sp³-hybridized carbons (Fsp3) is 0.250. The van der Waals surface area contributed by atoms with Crippen LogP contribution >= 0.6 is 11.8 Å². The van der Waals surface area contributed by atoms with Crippen LogP contribution in [-0.4, -0.2) is 27.2 Å². The third-order valence-corrected chi connectivity index (χ3v) is 1.98. The molecule has 0 unspecified atom stereocenters. The molecule has 0 aliphatic rings. The van der Waals surface area contributed by atoms with E-state index in [4.69, 9.17) is 16.9 Å². The van der Waals surface area contributed by atoms with E-state index in [2.05, 4.69) is 4.98 Å². The molecule has 0 spiro atoms. The number of nitrogens with zero attached hydrogens (tertiary/aromatic N) is 1. The molecule has 5 nitrogen and oxygen atoms in total. The second-order valence-corrected chi connectivity index (χ2v) is 2.87. The number of aliphatic carboxylic acids is 1. The maximum absolute atomic E-state index is 10.6. The van der Waals surface area contributed by atoms with Crippen LogP contribution in [0.1, 0.15) is 11.7 Å². The third kappa shape index (κ3) is 2.41. The largest absolute Gasteiger partial charge is 0.480 e. The van der Waals surface area contributed by atoms with Crippen molar-refractivity contribution in [2.75, 3.05) is 0 Å². The van der Waals surface area contributed by atoms with Gasteiger partial charge in [-0.05, 0) is 29.5 Å². The lowest BCUT2D eigenvalue weighted by atomic mass is 10.0. The zero-order chi connectivity index (χ0) is 10.6. The molecular formula is C8H9ClN2O3. The molecule has 1 rings (SSSR count). The number of carboxylic acid groups (broad SMARTS) is 1. The van der Waals surface area contributed by atoms with E-state index in [-0.39, 0.29) is 0 Å². The standard InChI is InChI=1S/C8H9ClN2O3/c9-11-6(8(13)14)7(12)5-1-3-10-4-2-5/h1-4,6-7,11-12H,(H,13,14)/t6-,7+/m1/s1. The van der Waals surface area contributed by atoms with E-state index in [1.165, 1.54) is 24.5 Å². The minimum Gasteiger partial charge on any atom is -0.480 e. The van der Waals surface area contributed by atoms with Gasteiger partial charge in [-0.1, -0.05) is 0 Å². The first-order chi connectivity index (χ1) is 6.66. The van der Waals surface area contributed by atoms with Crippen molar-refractivity contribution in [2.24, 2.45) is 0 Å². The maximum atomic E-state index is 10.6. The van der Waals surface area contributed by atoms with E-state index in [0.29, 0.717) is 5.56 Å². The van der Waals surface area contributed by atoms with Crippen LogP contribution in [0.3, 0.4) is 0 Å². The predicted octanol–water partition coefficient (Wildman–Crippen LogP) is 0.312. The molecule has 0 amide bonds. The van der Waals surface area contributed by atoms with Crippen molar-refractivity contribution < 1.29 is 15.0 Å². The number of aliphatic hydroxyl groups is 1. The lowest BCUT2D eigenvalue weighted by Gasteiger charge is -2.16. The number of hydrogen-bond acceptors (Lipinski definition) is 4. The molecule has 76 valence electrons. The van der Waals surface area contributed by atoms with Gasteiger partial charge in [0.25, 0.3) is 0 Å². The Labute approximate surface area is 85.5 Å². The molecule has 1 aromatic heterocycles. The smallest absolute Gasteiger partial charge is 0.325 e. The zero-order valence-electron chi connectivity index (χ0n) is 7.09. The highest BCUT2D eigenvalue weighted by atomic mass is 35.5. The fourth-order valence-electron chi connectivity index (χ4n) is 0.994. The summed E-state index contributed by atoms with van der Waals surface area (Å²) < 4.78 is 0. The zero-order valence-corrected chi connectivity index (χ0v) is 7.85. The van der Waals surface area contributed by atoms with Gasteiger partial charge in [-0.15, -0.1) is 0 Å². The minimum absolute atomic E-state index is 0.445. The van der Waals surface area contributed by atoms with Crippen LogP contribution in [0.2, 0.25) is 0 Å². The molecule has 14 heavy (non-hydrogen) atoms. The average molecular weight is 217 g/mol. The summed E-state index contributed by atoms with van der Waals surface area (Å²) in [5, 5.41) is 18.3. The molecule has 0 saturated heterocycles. The van der Waals surface area contributed by atoms with Crippen molar-refractivity contribution in [2.45, 2.75) is 12.1 Å². The topological polar surface area (TPSA) is 82.5 Å². The summed E-state index contributed by atoms with van der Waals surface area (Å²) in [6, 6.07) is 1.81. The first-order valence-corrected chi connectivity index (χ1v) is 4.21. The van der Waals surface area contributed by atoms with Crippen LogP contribution in [0.25, 0.3) is 0 Å². The van der Waals surface area contributed by atoms with Crippen LogP contribution in [-0.2, 0) is 4.79 Å². The summed E-state index contributed by atoms with van der Waals surface area (Å²) >= 11 is 5.20. The Morgan fingerprint density at radius 3 is 2.50 bits per heavy atom. The van der Waals surface area contributed by atoms with Crippen LogP contribution in [0.5, 0.6) is 0 Å². The second kappa shape index (κ2) is 4.90. The Morgan fingerprint density at radius 1 is 1.50 bits per heavy atom. The number of nitrogens with one attached hydrogen (secondary N) is 1. The normalized spacial score (nSPS) is 14.7. The highest BCUT2D eigenvalue weighted by molar-refractivity contribution is 6.14. The SMILES string of the molecule is O=C(O)[C@H](NCl)[C@@H](O)c1ccncc1. The molecule has 1 heterocycles. The summed E-state index contributed by atoms with van der Waals surface area (Å²) in [4.78, 5) is 16.4. The Balaban J connectivity index is 2.83. The molecule has 1 aromatic rings. The van der Waals surface area contributed by atoms with E-state index in [1.54, 1.807) is 0 Å². The van der Waals surface area contributed by atoms with E-state index in [9.17, 15) is 9.90 Å². The molecule has 2 atom stereocenters. The quantitative estimate of drug-likeness (QED) is 0.631. The third-order valence-electron chi connectivity index (χ3n) is 1.75. The summed E-state index contributed by atoms with van der Waals surface area (Å²) in [6.45, 7) is 0. The Morgan fingerprint density at radius 2 is 2.07 bits per heavy atom. The molecule has 0 aromatic carbocycles. The minimum atomic E-state index is -1.24. The first kappa shape index (κ1) is 10.9. The molecule has 0 aliphatic carbocycles. The maximum Gasteiger partial charge on any atom is 0.325 e. The first-order valence-electron chi connectivity index (χ1n) is 3.83. The number of pyridine rings is 1. The monoisotopic (exact) mass is 216 g/mol. The van der Waals surface area contributed by atoms with Gasteiger partial charge in [-0.25, -0.2) is 4.84 Å². The van der Waals surface area contributed by atoms with Gasteiger partial charge in [0, 0.05) is 12.4 Å². The van der Waals surface area contributed by atoms with E-state index in [1.807, 2.05) is 4.84 Å². The number of aliphatic hydroxyl groups excluding tert-OH is 1. The van der Waals surface area contributed by atoms with Crippen molar-refractivity contribution in [3.05, 3.63) is 30.1 Å². The lowest BCUT2D eigenvalue weighted by molar-refractivity contribution is -0.141. The number of aromatic nitrogens is 1. The van der Waals surface area contributed by atoms with E-state index >= 15 is 0 Å². The van der Waals surface area contributed by atoms with Crippen molar-refractivity contribution >= 4 is 17.7 Å². The van der Waals surface area contributed by atoms with Gasteiger partial charge in [0.15, 0.2) is 0 Å². The number of carbonyl (C=O) groups is 1. The summed E-state index contributed by atoms with van der Waals surface area (Å²) in [5.74, 6) is -1.22. The van der Waals surface area contributed by atoms with Crippen molar-refractivity contribution in [3.8, 4) is 0 Å². The van der Waals surface area contributed by atoms with Gasteiger partial charge < -0.3 is 10.2 Å². The number of hydrogen-bond donors (Lipinski definition) is 3. The van der Waals surface area contributed by atoms with Gasteiger partial charge in [0.05, 0.1) is 0 Å². The number of halogens is 1. The molecule has 6 heteroatoms. The second-order valence-electron chi connectivity index (χ2n) is 2.65. The van der Waals surface area contributed by atoms with Crippen molar-refractivity contribution in [1.29, 1.82) is 0 Å². The molecular weight excluding hydrogens is 208 g/mol. The van der Waals surface area contributed by atoms with E-state index in [0.717, 1.165) is 0 Å². The number of carboxylic acids is 1.